The molecule has 5 heteroatoms. The summed E-state index contributed by atoms with van der Waals surface area (Å²) in [5.74, 6) is 0.0758. The molecule has 1 aromatic heterocycles. The number of hydrogen-bond acceptors (Lipinski definition) is 4. The normalized spacial score (nSPS) is 20.9. The Morgan fingerprint density at radius 1 is 1.38 bits per heavy atom. The van der Waals surface area contributed by atoms with E-state index in [0.717, 1.165) is 63.9 Å². The monoisotopic (exact) mass is 289 g/mol. The van der Waals surface area contributed by atoms with Crippen molar-refractivity contribution in [2.45, 2.75) is 51.0 Å². The van der Waals surface area contributed by atoms with Crippen LogP contribution in [0.4, 0.5) is 0 Å². The van der Waals surface area contributed by atoms with Crippen molar-refractivity contribution in [1.82, 2.24) is 14.9 Å². The Bertz CT molecular complexity index is 502. The number of carbonyl (C=O) groups excluding carboxylic acids is 1. The fourth-order valence-electron chi connectivity index (χ4n) is 3.41. The number of aromatic nitrogens is 2. The van der Waals surface area contributed by atoms with Crippen molar-refractivity contribution < 1.29 is 9.53 Å². The van der Waals surface area contributed by atoms with Gasteiger partial charge in [-0.25, -0.2) is 9.97 Å². The minimum absolute atomic E-state index is 0.0518. The van der Waals surface area contributed by atoms with E-state index in [4.69, 9.17) is 4.74 Å². The van der Waals surface area contributed by atoms with E-state index in [-0.39, 0.29) is 11.5 Å². The molecule has 5 nitrogen and oxygen atoms in total. The molecule has 2 fully saturated rings. The van der Waals surface area contributed by atoms with Crippen molar-refractivity contribution in [1.29, 1.82) is 0 Å². The van der Waals surface area contributed by atoms with Crippen LogP contribution in [0.5, 0.6) is 0 Å². The Morgan fingerprint density at radius 3 is 2.86 bits per heavy atom. The molecule has 2 aliphatic rings. The van der Waals surface area contributed by atoms with Crippen LogP contribution in [0.3, 0.4) is 0 Å². The average Bonchev–Trinajstić information content (AvgIpc) is 2.97. The van der Waals surface area contributed by atoms with Crippen LogP contribution in [-0.2, 0) is 11.2 Å². The molecule has 0 radical (unpaired) electrons. The number of rotatable bonds is 3. The van der Waals surface area contributed by atoms with Crippen LogP contribution in [0.25, 0.3) is 0 Å². The maximum atomic E-state index is 12.7. The molecule has 0 aromatic carbocycles. The number of piperidine rings is 1. The molecule has 0 bridgehead atoms. The number of ether oxygens (including phenoxy) is 1. The summed E-state index contributed by atoms with van der Waals surface area (Å²) in [5, 5.41) is 0. The van der Waals surface area contributed by atoms with Gasteiger partial charge in [0.1, 0.15) is 6.33 Å². The van der Waals surface area contributed by atoms with Crippen molar-refractivity contribution in [3.05, 3.63) is 23.8 Å². The van der Waals surface area contributed by atoms with Gasteiger partial charge in [-0.05, 0) is 32.1 Å². The third-order valence-electron chi connectivity index (χ3n) is 4.66. The number of amides is 1. The Morgan fingerprint density at radius 2 is 2.19 bits per heavy atom. The lowest BCUT2D eigenvalue weighted by atomic mass is 9.88. The van der Waals surface area contributed by atoms with Crippen LogP contribution in [0.2, 0.25) is 0 Å². The summed E-state index contributed by atoms with van der Waals surface area (Å²) >= 11 is 0. The van der Waals surface area contributed by atoms with Crippen LogP contribution >= 0.6 is 0 Å². The third-order valence-corrected chi connectivity index (χ3v) is 4.66. The highest BCUT2D eigenvalue weighted by Gasteiger charge is 2.39. The molecular formula is C16H23N3O2. The van der Waals surface area contributed by atoms with Crippen molar-refractivity contribution in [2.24, 2.45) is 0 Å². The van der Waals surface area contributed by atoms with Crippen molar-refractivity contribution in [3.63, 3.8) is 0 Å². The Labute approximate surface area is 125 Å². The topological polar surface area (TPSA) is 55.3 Å². The first-order chi connectivity index (χ1) is 10.2. The van der Waals surface area contributed by atoms with Gasteiger partial charge in [-0.15, -0.1) is 0 Å². The number of aryl methyl sites for hydroxylation is 1. The van der Waals surface area contributed by atoms with Gasteiger partial charge in [0, 0.05) is 25.9 Å². The van der Waals surface area contributed by atoms with Crippen molar-refractivity contribution in [2.75, 3.05) is 19.7 Å². The molecule has 1 spiro atoms. The van der Waals surface area contributed by atoms with Crippen LogP contribution < -0.4 is 0 Å². The lowest BCUT2D eigenvalue weighted by Gasteiger charge is -2.38. The second-order valence-electron chi connectivity index (χ2n) is 6.06. The van der Waals surface area contributed by atoms with Crippen LogP contribution in [0, 0.1) is 0 Å². The molecule has 0 saturated carbocycles. The Hall–Kier alpha value is -1.49. The summed E-state index contributed by atoms with van der Waals surface area (Å²) in [7, 11) is 0. The molecule has 21 heavy (non-hydrogen) atoms. The van der Waals surface area contributed by atoms with Gasteiger partial charge in [0.2, 0.25) is 0 Å². The largest absolute Gasteiger partial charge is 0.375 e. The van der Waals surface area contributed by atoms with E-state index >= 15 is 0 Å². The summed E-state index contributed by atoms with van der Waals surface area (Å²) in [6.07, 6.45) is 9.20. The zero-order valence-electron chi connectivity index (χ0n) is 12.7. The van der Waals surface area contributed by atoms with Crippen molar-refractivity contribution in [3.8, 4) is 0 Å². The fourth-order valence-corrected chi connectivity index (χ4v) is 3.41. The smallest absolute Gasteiger partial charge is 0.257 e. The summed E-state index contributed by atoms with van der Waals surface area (Å²) in [5.41, 5.74) is 1.59. The maximum Gasteiger partial charge on any atom is 0.257 e. The minimum Gasteiger partial charge on any atom is -0.375 e. The highest BCUT2D eigenvalue weighted by atomic mass is 16.5. The number of likely N-dealkylation sites (tertiary alicyclic amines) is 1. The summed E-state index contributed by atoms with van der Waals surface area (Å²) in [4.78, 5) is 22.9. The second kappa shape index (κ2) is 6.10. The Balaban J connectivity index is 1.69. The predicted octanol–water partition coefficient (Wildman–Crippen LogP) is 2.21. The van der Waals surface area contributed by atoms with Crippen LogP contribution in [0.1, 0.15) is 55.1 Å². The molecule has 3 heterocycles. The first-order valence-electron chi connectivity index (χ1n) is 7.96. The molecule has 1 aromatic rings. The van der Waals surface area contributed by atoms with E-state index in [1.807, 2.05) is 4.90 Å². The number of hydrogen-bond donors (Lipinski definition) is 0. The fraction of sp³-hybridized carbons (Fsp3) is 0.688. The maximum absolute atomic E-state index is 12.7. The van der Waals surface area contributed by atoms with Gasteiger partial charge in [0.25, 0.3) is 5.91 Å². The Kier molecular flexibility index (Phi) is 4.19. The molecule has 3 rings (SSSR count). The quantitative estimate of drug-likeness (QED) is 0.856. The zero-order chi connectivity index (χ0) is 14.7. The van der Waals surface area contributed by atoms with E-state index in [0.29, 0.717) is 5.56 Å². The summed E-state index contributed by atoms with van der Waals surface area (Å²) < 4.78 is 5.91. The minimum atomic E-state index is 0.0518. The van der Waals surface area contributed by atoms with E-state index in [1.54, 1.807) is 6.20 Å². The van der Waals surface area contributed by atoms with Gasteiger partial charge in [0.05, 0.1) is 16.9 Å². The van der Waals surface area contributed by atoms with Gasteiger partial charge in [0.15, 0.2) is 0 Å². The predicted molar refractivity (Wildman–Crippen MR) is 79.1 cm³/mol. The van der Waals surface area contributed by atoms with Crippen LogP contribution in [-0.4, -0.2) is 46.1 Å². The van der Waals surface area contributed by atoms with Crippen molar-refractivity contribution >= 4 is 5.91 Å². The van der Waals surface area contributed by atoms with E-state index < -0.39 is 0 Å². The first-order valence-corrected chi connectivity index (χ1v) is 7.96. The lowest BCUT2D eigenvalue weighted by molar-refractivity contribution is -0.0387. The van der Waals surface area contributed by atoms with E-state index in [9.17, 15) is 4.79 Å². The molecule has 0 atom stereocenters. The zero-order valence-corrected chi connectivity index (χ0v) is 12.7. The van der Waals surface area contributed by atoms with Gasteiger partial charge < -0.3 is 9.64 Å². The molecule has 114 valence electrons. The van der Waals surface area contributed by atoms with Gasteiger partial charge in [-0.3, -0.25) is 4.79 Å². The molecular weight excluding hydrogens is 266 g/mol. The SMILES string of the molecule is CCCc1ncncc1C(=O)N1CCC2(CCCO2)CC1. The number of carbonyl (C=O) groups is 1. The van der Waals surface area contributed by atoms with Crippen LogP contribution in [0.15, 0.2) is 12.5 Å². The van der Waals surface area contributed by atoms with Gasteiger partial charge in [-0.1, -0.05) is 13.3 Å². The van der Waals surface area contributed by atoms with Gasteiger partial charge >= 0.3 is 0 Å². The highest BCUT2D eigenvalue weighted by Crippen LogP contribution is 2.35. The first kappa shape index (κ1) is 14.4. The molecule has 2 aliphatic heterocycles. The molecule has 1 amide bonds. The average molecular weight is 289 g/mol. The molecule has 0 N–H and O–H groups in total. The van der Waals surface area contributed by atoms with E-state index in [2.05, 4.69) is 16.9 Å². The molecule has 2 saturated heterocycles. The highest BCUT2D eigenvalue weighted by molar-refractivity contribution is 5.95. The summed E-state index contributed by atoms with van der Waals surface area (Å²) in [6, 6.07) is 0. The second-order valence-corrected chi connectivity index (χ2v) is 6.06. The lowest BCUT2D eigenvalue weighted by Crippen LogP contribution is -2.46. The molecule has 0 unspecified atom stereocenters. The summed E-state index contributed by atoms with van der Waals surface area (Å²) in [6.45, 7) is 4.53. The standard InChI is InChI=1S/C16H23N3O2/c1-2-4-14-13(11-17-12-18-14)15(20)19-8-6-16(7-9-19)5-3-10-21-16/h11-12H,2-10H2,1H3. The van der Waals surface area contributed by atoms with E-state index in [1.165, 1.54) is 6.33 Å². The third kappa shape index (κ3) is 2.93. The molecule has 0 aliphatic carbocycles. The number of nitrogens with zero attached hydrogens (tertiary/aromatic N) is 3. The van der Waals surface area contributed by atoms with Gasteiger partial charge in [-0.2, -0.15) is 0 Å².